The molecule has 0 atom stereocenters. The molecule has 1 aromatic rings. The van der Waals surface area contributed by atoms with Gasteiger partial charge >= 0.3 is 0 Å². The van der Waals surface area contributed by atoms with Crippen LogP contribution in [-0.2, 0) is 6.54 Å². The van der Waals surface area contributed by atoms with Crippen LogP contribution in [0.5, 0.6) is 5.75 Å². The quantitative estimate of drug-likeness (QED) is 0.886. The predicted molar refractivity (Wildman–Crippen MR) is 62.9 cm³/mol. The Bertz CT molecular complexity index is 341. The van der Waals surface area contributed by atoms with Gasteiger partial charge in [0.15, 0.2) is 0 Å². The molecule has 0 radical (unpaired) electrons. The summed E-state index contributed by atoms with van der Waals surface area (Å²) in [5.41, 5.74) is 0.784. The molecule has 0 aliphatic rings. The zero-order valence-corrected chi connectivity index (χ0v) is 9.90. The van der Waals surface area contributed by atoms with Crippen molar-refractivity contribution in [3.05, 3.63) is 39.8 Å². The molecule has 0 heterocycles. The van der Waals surface area contributed by atoms with Crippen molar-refractivity contribution >= 4 is 27.5 Å². The number of aromatic hydroxyl groups is 1. The molecule has 0 aliphatic carbocycles. The Hall–Kier alpha value is -0.510. The van der Waals surface area contributed by atoms with E-state index < -0.39 is 0 Å². The van der Waals surface area contributed by atoms with Gasteiger partial charge in [0.05, 0.1) is 5.02 Å². The van der Waals surface area contributed by atoms with Crippen molar-refractivity contribution in [2.75, 3.05) is 6.54 Å². The van der Waals surface area contributed by atoms with Crippen molar-refractivity contribution in [3.63, 3.8) is 0 Å². The normalized spacial score (nSPS) is 10.1. The molecule has 1 rings (SSSR count). The van der Waals surface area contributed by atoms with Gasteiger partial charge in [-0.3, -0.25) is 0 Å². The fourth-order valence-electron chi connectivity index (χ4n) is 1.04. The molecule has 76 valence electrons. The molecule has 0 saturated heterocycles. The van der Waals surface area contributed by atoms with Gasteiger partial charge in [0.1, 0.15) is 5.75 Å². The van der Waals surface area contributed by atoms with Crippen LogP contribution in [-0.4, -0.2) is 11.7 Å². The maximum atomic E-state index is 9.56. The van der Waals surface area contributed by atoms with Crippen LogP contribution in [0.15, 0.2) is 29.3 Å². The fraction of sp³-hybridized carbons (Fsp3) is 0.200. The molecule has 0 amide bonds. The van der Waals surface area contributed by atoms with Crippen LogP contribution < -0.4 is 5.32 Å². The van der Waals surface area contributed by atoms with Crippen LogP contribution in [0.25, 0.3) is 0 Å². The molecule has 0 saturated carbocycles. The Morgan fingerprint density at radius 1 is 1.57 bits per heavy atom. The molecular formula is C10H11BrClNO. The number of benzene rings is 1. The second kappa shape index (κ2) is 5.39. The van der Waals surface area contributed by atoms with Crippen molar-refractivity contribution in [1.29, 1.82) is 0 Å². The first-order valence-corrected chi connectivity index (χ1v) is 5.28. The SMILES string of the molecule is C=C(Br)CNCc1cccc(Cl)c1O. The second-order valence-electron chi connectivity index (χ2n) is 2.87. The molecule has 0 aliphatic heterocycles. The summed E-state index contributed by atoms with van der Waals surface area (Å²) < 4.78 is 0.874. The van der Waals surface area contributed by atoms with Gasteiger partial charge in [-0.25, -0.2) is 0 Å². The highest BCUT2D eigenvalue weighted by Gasteiger charge is 2.03. The van der Waals surface area contributed by atoms with Gasteiger partial charge in [-0.15, -0.1) is 0 Å². The maximum absolute atomic E-state index is 9.56. The summed E-state index contributed by atoms with van der Waals surface area (Å²) in [7, 11) is 0. The monoisotopic (exact) mass is 275 g/mol. The fourth-order valence-corrected chi connectivity index (χ4v) is 1.43. The minimum Gasteiger partial charge on any atom is -0.506 e. The van der Waals surface area contributed by atoms with Crippen molar-refractivity contribution in [2.45, 2.75) is 6.54 Å². The highest BCUT2D eigenvalue weighted by Crippen LogP contribution is 2.26. The van der Waals surface area contributed by atoms with E-state index in [9.17, 15) is 5.11 Å². The molecule has 4 heteroatoms. The van der Waals surface area contributed by atoms with E-state index in [-0.39, 0.29) is 5.75 Å². The number of hydrogen-bond acceptors (Lipinski definition) is 2. The van der Waals surface area contributed by atoms with Crippen molar-refractivity contribution in [3.8, 4) is 5.75 Å². The Kier molecular flexibility index (Phi) is 4.45. The Morgan fingerprint density at radius 3 is 2.93 bits per heavy atom. The smallest absolute Gasteiger partial charge is 0.138 e. The first-order chi connectivity index (χ1) is 6.61. The Balaban J connectivity index is 2.59. The molecule has 0 fully saturated rings. The van der Waals surface area contributed by atoms with E-state index in [4.69, 9.17) is 11.6 Å². The zero-order valence-electron chi connectivity index (χ0n) is 7.56. The van der Waals surface area contributed by atoms with Crippen molar-refractivity contribution in [2.24, 2.45) is 0 Å². The number of phenols is 1. The van der Waals surface area contributed by atoms with Crippen LogP contribution in [0.2, 0.25) is 5.02 Å². The lowest BCUT2D eigenvalue weighted by Gasteiger charge is -2.06. The minimum absolute atomic E-state index is 0.141. The summed E-state index contributed by atoms with van der Waals surface area (Å²) in [5, 5.41) is 13.0. The summed E-state index contributed by atoms with van der Waals surface area (Å²) in [6.07, 6.45) is 0. The number of nitrogens with one attached hydrogen (secondary N) is 1. The molecule has 0 unspecified atom stereocenters. The highest BCUT2D eigenvalue weighted by atomic mass is 79.9. The average molecular weight is 277 g/mol. The maximum Gasteiger partial charge on any atom is 0.138 e. The van der Waals surface area contributed by atoms with Gasteiger partial charge in [0.2, 0.25) is 0 Å². The number of rotatable bonds is 4. The Labute approximate surface area is 96.7 Å². The highest BCUT2D eigenvalue weighted by molar-refractivity contribution is 9.11. The lowest BCUT2D eigenvalue weighted by molar-refractivity contribution is 0.466. The molecular weight excluding hydrogens is 265 g/mol. The third-order valence-corrected chi connectivity index (χ3v) is 2.29. The van der Waals surface area contributed by atoms with E-state index in [1.807, 2.05) is 12.1 Å². The van der Waals surface area contributed by atoms with Gasteiger partial charge in [-0.05, 0) is 6.07 Å². The van der Waals surface area contributed by atoms with Crippen LogP contribution >= 0.6 is 27.5 Å². The van der Waals surface area contributed by atoms with E-state index >= 15 is 0 Å². The van der Waals surface area contributed by atoms with Gasteiger partial charge in [-0.2, -0.15) is 0 Å². The third-order valence-electron chi connectivity index (χ3n) is 1.70. The van der Waals surface area contributed by atoms with Gasteiger partial charge in [0.25, 0.3) is 0 Å². The van der Waals surface area contributed by atoms with Crippen LogP contribution in [0.1, 0.15) is 5.56 Å². The minimum atomic E-state index is 0.141. The van der Waals surface area contributed by atoms with Crippen molar-refractivity contribution in [1.82, 2.24) is 5.32 Å². The number of hydrogen-bond donors (Lipinski definition) is 2. The first kappa shape index (κ1) is 11.6. The summed E-state index contributed by atoms with van der Waals surface area (Å²) in [6, 6.07) is 5.29. The topological polar surface area (TPSA) is 32.3 Å². The molecule has 14 heavy (non-hydrogen) atoms. The zero-order chi connectivity index (χ0) is 10.6. The van der Waals surface area contributed by atoms with Gasteiger partial charge < -0.3 is 10.4 Å². The van der Waals surface area contributed by atoms with E-state index in [0.717, 1.165) is 10.0 Å². The van der Waals surface area contributed by atoms with Crippen molar-refractivity contribution < 1.29 is 5.11 Å². The van der Waals surface area contributed by atoms with Gasteiger partial charge in [0, 0.05) is 23.1 Å². The lowest BCUT2D eigenvalue weighted by atomic mass is 10.2. The average Bonchev–Trinajstić information content (AvgIpc) is 2.12. The largest absolute Gasteiger partial charge is 0.506 e. The molecule has 0 aromatic heterocycles. The summed E-state index contributed by atoms with van der Waals surface area (Å²) in [4.78, 5) is 0. The Morgan fingerprint density at radius 2 is 2.29 bits per heavy atom. The second-order valence-corrected chi connectivity index (χ2v) is 4.40. The number of phenolic OH excluding ortho intramolecular Hbond substituents is 1. The molecule has 0 spiro atoms. The third kappa shape index (κ3) is 3.33. The lowest BCUT2D eigenvalue weighted by Crippen LogP contribution is -2.14. The van der Waals surface area contributed by atoms with Crippen LogP contribution in [0.4, 0.5) is 0 Å². The van der Waals surface area contributed by atoms with E-state index in [0.29, 0.717) is 18.1 Å². The summed E-state index contributed by atoms with van der Waals surface area (Å²) >= 11 is 8.99. The first-order valence-electron chi connectivity index (χ1n) is 4.11. The van der Waals surface area contributed by atoms with E-state index in [1.165, 1.54) is 0 Å². The van der Waals surface area contributed by atoms with E-state index in [1.54, 1.807) is 6.07 Å². The predicted octanol–water partition coefficient (Wildman–Crippen LogP) is 3.04. The summed E-state index contributed by atoms with van der Waals surface area (Å²) in [5.74, 6) is 0.141. The number of halogens is 2. The van der Waals surface area contributed by atoms with E-state index in [2.05, 4.69) is 27.8 Å². The number of para-hydroxylation sites is 1. The summed E-state index contributed by atoms with van der Waals surface area (Å²) in [6.45, 7) is 4.92. The molecule has 0 bridgehead atoms. The molecule has 2 N–H and O–H groups in total. The molecule has 2 nitrogen and oxygen atoms in total. The standard InChI is InChI=1S/C10H11BrClNO/c1-7(11)5-13-6-8-3-2-4-9(12)10(8)14/h2-4,13-14H,1,5-6H2. The molecule has 1 aromatic carbocycles. The van der Waals surface area contributed by atoms with Gasteiger partial charge in [-0.1, -0.05) is 46.2 Å². The van der Waals surface area contributed by atoms with Crippen LogP contribution in [0.3, 0.4) is 0 Å². The van der Waals surface area contributed by atoms with Crippen LogP contribution in [0, 0.1) is 0 Å².